The van der Waals surface area contributed by atoms with Crippen molar-refractivity contribution in [2.45, 2.75) is 26.0 Å². The quantitative estimate of drug-likeness (QED) is 0.885. The van der Waals surface area contributed by atoms with E-state index in [1.807, 2.05) is 26.8 Å². The first-order valence-corrected chi connectivity index (χ1v) is 7.02. The second-order valence-corrected chi connectivity index (χ2v) is 5.91. The monoisotopic (exact) mass is 251 g/mol. The molecule has 2 atom stereocenters. The molecule has 0 saturated carbocycles. The van der Waals surface area contributed by atoms with Gasteiger partial charge in [-0.05, 0) is 32.4 Å². The Labute approximate surface area is 105 Å². The summed E-state index contributed by atoms with van der Waals surface area (Å²) in [7, 11) is -0.876. The molecular formula is C12H17N3OS. The molecule has 5 heteroatoms. The number of nitrogens with one attached hydrogen (secondary N) is 1. The lowest BCUT2D eigenvalue weighted by Gasteiger charge is -2.13. The number of hydrogen-bond donors (Lipinski definition) is 1. The van der Waals surface area contributed by atoms with Crippen LogP contribution in [0.4, 0.5) is 5.82 Å². The predicted molar refractivity (Wildman–Crippen MR) is 70.4 cm³/mol. The van der Waals surface area contributed by atoms with E-state index in [0.717, 1.165) is 11.3 Å². The smallest absolute Gasteiger partial charge is 0.144 e. The number of aromatic nitrogens is 1. The molecule has 1 rings (SSSR count). The lowest BCUT2D eigenvalue weighted by Crippen LogP contribution is -2.21. The first-order valence-electron chi connectivity index (χ1n) is 5.40. The summed E-state index contributed by atoms with van der Waals surface area (Å²) in [6, 6.07) is 4.02. The van der Waals surface area contributed by atoms with Crippen LogP contribution in [0.2, 0.25) is 0 Å². The minimum atomic E-state index is -0.876. The standard InChI is InChI=1S/C12H17N3OS/c1-8-5-9(2)15-12(11(8)6-13)14-7-10(3)17(4)16/h5,10H,7H2,1-4H3,(H,14,15). The van der Waals surface area contributed by atoms with Crippen LogP contribution in [0.15, 0.2) is 6.07 Å². The molecule has 1 heterocycles. The minimum absolute atomic E-state index is 0.0316. The van der Waals surface area contributed by atoms with Gasteiger partial charge in [0, 0.05) is 34.5 Å². The van der Waals surface area contributed by atoms with E-state index >= 15 is 0 Å². The third-order valence-corrected chi connectivity index (χ3v) is 3.88. The molecule has 0 radical (unpaired) electrons. The van der Waals surface area contributed by atoms with Crippen LogP contribution in [0.1, 0.15) is 23.7 Å². The SMILES string of the molecule is Cc1cc(C)c(C#N)c(NCC(C)S(C)=O)n1. The first kappa shape index (κ1) is 13.7. The molecule has 0 amide bonds. The molecule has 1 aromatic rings. The Morgan fingerprint density at radius 2 is 2.24 bits per heavy atom. The van der Waals surface area contributed by atoms with Gasteiger partial charge in [-0.15, -0.1) is 0 Å². The lowest BCUT2D eigenvalue weighted by atomic mass is 10.1. The highest BCUT2D eigenvalue weighted by Gasteiger charge is 2.11. The van der Waals surface area contributed by atoms with E-state index in [-0.39, 0.29) is 5.25 Å². The highest BCUT2D eigenvalue weighted by atomic mass is 32.2. The van der Waals surface area contributed by atoms with Crippen LogP contribution in [0.5, 0.6) is 0 Å². The summed E-state index contributed by atoms with van der Waals surface area (Å²) in [6.45, 7) is 6.23. The topological polar surface area (TPSA) is 65.8 Å². The van der Waals surface area contributed by atoms with Crippen LogP contribution < -0.4 is 5.32 Å². The van der Waals surface area contributed by atoms with E-state index in [0.29, 0.717) is 17.9 Å². The van der Waals surface area contributed by atoms with Gasteiger partial charge in [-0.3, -0.25) is 4.21 Å². The van der Waals surface area contributed by atoms with Crippen molar-refractivity contribution in [2.24, 2.45) is 0 Å². The van der Waals surface area contributed by atoms with E-state index in [2.05, 4.69) is 16.4 Å². The van der Waals surface area contributed by atoms with Gasteiger partial charge in [-0.25, -0.2) is 4.98 Å². The van der Waals surface area contributed by atoms with Crippen molar-refractivity contribution in [3.05, 3.63) is 22.9 Å². The number of rotatable bonds is 4. The fourth-order valence-corrected chi connectivity index (χ4v) is 1.78. The zero-order valence-corrected chi connectivity index (χ0v) is 11.4. The Morgan fingerprint density at radius 3 is 2.76 bits per heavy atom. The number of anilines is 1. The molecule has 0 aliphatic heterocycles. The van der Waals surface area contributed by atoms with Gasteiger partial charge in [0.1, 0.15) is 11.9 Å². The number of pyridine rings is 1. The number of nitrogens with zero attached hydrogens (tertiary/aromatic N) is 2. The molecule has 0 spiro atoms. The van der Waals surface area contributed by atoms with Gasteiger partial charge in [0.15, 0.2) is 0 Å². The Balaban J connectivity index is 2.91. The number of nitriles is 1. The maximum Gasteiger partial charge on any atom is 0.144 e. The zero-order chi connectivity index (χ0) is 13.0. The minimum Gasteiger partial charge on any atom is -0.368 e. The summed E-state index contributed by atoms with van der Waals surface area (Å²) in [6.07, 6.45) is 1.67. The van der Waals surface area contributed by atoms with Crippen molar-refractivity contribution in [1.82, 2.24) is 4.98 Å². The second kappa shape index (κ2) is 5.78. The van der Waals surface area contributed by atoms with Crippen molar-refractivity contribution in [1.29, 1.82) is 5.26 Å². The van der Waals surface area contributed by atoms with Crippen LogP contribution >= 0.6 is 0 Å². The summed E-state index contributed by atoms with van der Waals surface area (Å²) in [4.78, 5) is 4.30. The van der Waals surface area contributed by atoms with Crippen molar-refractivity contribution in [2.75, 3.05) is 18.1 Å². The van der Waals surface area contributed by atoms with Gasteiger partial charge in [0.2, 0.25) is 0 Å². The third-order valence-electron chi connectivity index (χ3n) is 2.58. The second-order valence-electron chi connectivity index (χ2n) is 4.11. The molecule has 1 N–H and O–H groups in total. The van der Waals surface area contributed by atoms with E-state index in [9.17, 15) is 4.21 Å². The maximum absolute atomic E-state index is 11.2. The van der Waals surface area contributed by atoms with E-state index < -0.39 is 10.8 Å². The molecule has 4 nitrogen and oxygen atoms in total. The largest absolute Gasteiger partial charge is 0.368 e. The molecule has 0 aromatic carbocycles. The van der Waals surface area contributed by atoms with Crippen molar-refractivity contribution >= 4 is 16.6 Å². The van der Waals surface area contributed by atoms with E-state index in [1.54, 1.807) is 6.26 Å². The molecular weight excluding hydrogens is 234 g/mol. The highest BCUT2D eigenvalue weighted by Crippen LogP contribution is 2.17. The fraction of sp³-hybridized carbons (Fsp3) is 0.500. The van der Waals surface area contributed by atoms with Crippen LogP contribution in [-0.4, -0.2) is 27.2 Å². The average Bonchev–Trinajstić information content (AvgIpc) is 2.24. The Kier molecular flexibility index (Phi) is 4.64. The zero-order valence-electron chi connectivity index (χ0n) is 10.6. The summed E-state index contributed by atoms with van der Waals surface area (Å²) >= 11 is 0. The Morgan fingerprint density at radius 1 is 1.59 bits per heavy atom. The molecule has 92 valence electrons. The molecule has 0 saturated heterocycles. The van der Waals surface area contributed by atoms with Crippen molar-refractivity contribution < 1.29 is 4.21 Å². The number of hydrogen-bond acceptors (Lipinski definition) is 4. The Bertz CT molecular complexity index is 479. The average molecular weight is 251 g/mol. The highest BCUT2D eigenvalue weighted by molar-refractivity contribution is 7.84. The van der Waals surface area contributed by atoms with Gasteiger partial charge in [0.25, 0.3) is 0 Å². The molecule has 17 heavy (non-hydrogen) atoms. The van der Waals surface area contributed by atoms with Crippen molar-refractivity contribution in [3.63, 3.8) is 0 Å². The van der Waals surface area contributed by atoms with Crippen LogP contribution in [0.3, 0.4) is 0 Å². The van der Waals surface area contributed by atoms with Gasteiger partial charge in [-0.1, -0.05) is 0 Å². The van der Waals surface area contributed by atoms with E-state index in [4.69, 9.17) is 5.26 Å². The first-order chi connectivity index (χ1) is 7.95. The molecule has 0 fully saturated rings. The molecule has 0 aliphatic rings. The van der Waals surface area contributed by atoms with Crippen LogP contribution in [0.25, 0.3) is 0 Å². The molecule has 1 aromatic heterocycles. The van der Waals surface area contributed by atoms with Gasteiger partial charge in [-0.2, -0.15) is 5.26 Å². The Hall–Kier alpha value is -1.41. The predicted octanol–water partition coefficient (Wildman–Crippen LogP) is 1.75. The maximum atomic E-state index is 11.2. The molecule has 0 bridgehead atoms. The number of aryl methyl sites for hydroxylation is 2. The van der Waals surface area contributed by atoms with Gasteiger partial charge >= 0.3 is 0 Å². The summed E-state index contributed by atoms with van der Waals surface area (Å²) in [5.74, 6) is 0.585. The molecule has 0 aliphatic carbocycles. The van der Waals surface area contributed by atoms with Crippen LogP contribution in [-0.2, 0) is 10.8 Å². The fourth-order valence-electron chi connectivity index (χ4n) is 1.46. The van der Waals surface area contributed by atoms with Gasteiger partial charge in [0.05, 0.1) is 5.56 Å². The normalized spacial score (nSPS) is 13.8. The van der Waals surface area contributed by atoms with Crippen molar-refractivity contribution in [3.8, 4) is 6.07 Å². The third kappa shape index (κ3) is 3.53. The summed E-state index contributed by atoms with van der Waals surface area (Å²) < 4.78 is 11.2. The summed E-state index contributed by atoms with van der Waals surface area (Å²) in [5, 5.41) is 12.2. The molecule has 2 unspecified atom stereocenters. The van der Waals surface area contributed by atoms with Crippen LogP contribution in [0, 0.1) is 25.2 Å². The summed E-state index contributed by atoms with van der Waals surface area (Å²) in [5.41, 5.74) is 2.34. The van der Waals surface area contributed by atoms with Gasteiger partial charge < -0.3 is 5.32 Å². The van der Waals surface area contributed by atoms with E-state index in [1.165, 1.54) is 0 Å². The lowest BCUT2D eigenvalue weighted by molar-refractivity contribution is 0.678.